The van der Waals surface area contributed by atoms with Crippen LogP contribution in [0.15, 0.2) is 47.6 Å². The van der Waals surface area contributed by atoms with Crippen LogP contribution in [0.2, 0.25) is 5.02 Å². The molecule has 0 aromatic heterocycles. The second kappa shape index (κ2) is 12.0. The molecule has 2 amide bonds. The minimum Gasteiger partial charge on any atom is -0.379 e. The number of rotatable bonds is 8. The lowest BCUT2D eigenvalue weighted by molar-refractivity contribution is -0.145. The van der Waals surface area contributed by atoms with Gasteiger partial charge in [0.15, 0.2) is 0 Å². The smallest absolute Gasteiger partial charge is 0.262 e. The first kappa shape index (κ1) is 26.9. The molecule has 1 atom stereocenters. The van der Waals surface area contributed by atoms with E-state index < -0.39 is 0 Å². The molecule has 2 aromatic carbocycles. The molecular weight excluding hydrogens is 500 g/mol. The number of carbonyl (C=O) groups excluding carboxylic acids is 2. The highest BCUT2D eigenvalue weighted by Gasteiger charge is 2.36. The summed E-state index contributed by atoms with van der Waals surface area (Å²) in [5.41, 5.74) is 5.30. The van der Waals surface area contributed by atoms with Crippen molar-refractivity contribution in [2.75, 3.05) is 45.9 Å². The van der Waals surface area contributed by atoms with Gasteiger partial charge in [-0.2, -0.15) is 5.10 Å². The van der Waals surface area contributed by atoms with Crippen LogP contribution in [0.1, 0.15) is 54.0 Å². The van der Waals surface area contributed by atoms with E-state index in [0.717, 1.165) is 55.7 Å². The van der Waals surface area contributed by atoms with Crippen molar-refractivity contribution in [1.29, 1.82) is 0 Å². The highest BCUT2D eigenvalue weighted by atomic mass is 35.5. The topological polar surface area (TPSA) is 65.5 Å². The maximum Gasteiger partial charge on any atom is 0.262 e. The number of halogens is 1. The highest BCUT2D eigenvalue weighted by molar-refractivity contribution is 6.30. The Morgan fingerprint density at radius 2 is 1.79 bits per heavy atom. The molecule has 38 heavy (non-hydrogen) atoms. The number of hydrazone groups is 1. The van der Waals surface area contributed by atoms with Crippen LogP contribution >= 0.6 is 11.6 Å². The summed E-state index contributed by atoms with van der Waals surface area (Å²) in [6.07, 6.45) is 3.51. The molecule has 2 heterocycles. The van der Waals surface area contributed by atoms with E-state index in [9.17, 15) is 9.59 Å². The fraction of sp³-hybridized carbons (Fsp3) is 0.500. The van der Waals surface area contributed by atoms with Crippen LogP contribution in [0.5, 0.6) is 0 Å². The van der Waals surface area contributed by atoms with Gasteiger partial charge < -0.3 is 9.64 Å². The van der Waals surface area contributed by atoms with E-state index in [4.69, 9.17) is 21.4 Å². The molecule has 0 unspecified atom stereocenters. The number of carbonyl (C=O) groups is 2. The van der Waals surface area contributed by atoms with Gasteiger partial charge in [-0.1, -0.05) is 42.3 Å². The van der Waals surface area contributed by atoms with Gasteiger partial charge in [-0.15, -0.1) is 0 Å². The molecule has 0 N–H and O–H groups in total. The highest BCUT2D eigenvalue weighted by Crippen LogP contribution is 2.34. The lowest BCUT2D eigenvalue weighted by Gasteiger charge is -2.34. The Hall–Kier alpha value is -2.74. The fourth-order valence-electron chi connectivity index (χ4n) is 5.28. The molecule has 5 rings (SSSR count). The quantitative estimate of drug-likeness (QED) is 0.495. The number of ether oxygens (including phenoxy) is 1. The minimum absolute atomic E-state index is 0.0349. The maximum atomic E-state index is 13.9. The molecule has 2 aliphatic heterocycles. The number of hydrogen-bond acceptors (Lipinski definition) is 5. The molecule has 8 heteroatoms. The third kappa shape index (κ3) is 6.11. The second-order valence-electron chi connectivity index (χ2n) is 10.7. The van der Waals surface area contributed by atoms with Crippen molar-refractivity contribution in [3.63, 3.8) is 0 Å². The Bertz CT molecular complexity index is 1190. The lowest BCUT2D eigenvalue weighted by Crippen LogP contribution is -2.49. The second-order valence-corrected chi connectivity index (χ2v) is 11.1. The van der Waals surface area contributed by atoms with Gasteiger partial charge in [-0.3, -0.25) is 14.5 Å². The summed E-state index contributed by atoms with van der Waals surface area (Å²) in [5, 5.41) is 7.11. The molecule has 1 saturated heterocycles. The first-order chi connectivity index (χ1) is 18.4. The first-order valence-electron chi connectivity index (χ1n) is 13.7. The van der Waals surface area contributed by atoms with Gasteiger partial charge in [-0.05, 0) is 67.1 Å². The van der Waals surface area contributed by atoms with Crippen LogP contribution in [0.4, 0.5) is 0 Å². The summed E-state index contributed by atoms with van der Waals surface area (Å²) >= 11 is 6.16. The van der Waals surface area contributed by atoms with E-state index in [1.165, 1.54) is 11.1 Å². The van der Waals surface area contributed by atoms with Gasteiger partial charge in [0.1, 0.15) is 6.54 Å². The molecular formula is C30H37ClN4O3. The molecule has 0 radical (unpaired) electrons. The van der Waals surface area contributed by atoms with Crippen LogP contribution < -0.4 is 0 Å². The number of aryl methyl sites for hydroxylation is 2. The summed E-state index contributed by atoms with van der Waals surface area (Å²) in [6, 6.07) is 13.7. The van der Waals surface area contributed by atoms with Crippen LogP contribution in [-0.2, 0) is 14.3 Å². The summed E-state index contributed by atoms with van der Waals surface area (Å²) < 4.78 is 5.47. The van der Waals surface area contributed by atoms with Gasteiger partial charge in [0, 0.05) is 43.5 Å². The minimum atomic E-state index is -0.240. The molecule has 0 spiro atoms. The molecule has 202 valence electrons. The Balaban J connectivity index is 1.38. The zero-order valence-electron chi connectivity index (χ0n) is 22.4. The summed E-state index contributed by atoms with van der Waals surface area (Å²) in [5.74, 6) is -0.0235. The van der Waals surface area contributed by atoms with Crippen molar-refractivity contribution in [2.45, 2.75) is 45.6 Å². The Morgan fingerprint density at radius 1 is 1.05 bits per heavy atom. The van der Waals surface area contributed by atoms with E-state index in [1.54, 1.807) is 9.91 Å². The van der Waals surface area contributed by atoms with Crippen LogP contribution in [0.25, 0.3) is 0 Å². The van der Waals surface area contributed by atoms with E-state index in [-0.39, 0.29) is 30.3 Å². The van der Waals surface area contributed by atoms with Crippen molar-refractivity contribution in [3.05, 3.63) is 69.7 Å². The summed E-state index contributed by atoms with van der Waals surface area (Å²) in [6.45, 7) is 8.62. The third-order valence-corrected chi connectivity index (χ3v) is 8.39. The van der Waals surface area contributed by atoms with E-state index >= 15 is 0 Å². The number of hydrogen-bond donors (Lipinski definition) is 0. The van der Waals surface area contributed by atoms with Crippen molar-refractivity contribution >= 4 is 29.1 Å². The number of nitrogens with zero attached hydrogens (tertiary/aromatic N) is 4. The van der Waals surface area contributed by atoms with Crippen molar-refractivity contribution in [1.82, 2.24) is 14.8 Å². The zero-order valence-corrected chi connectivity index (χ0v) is 23.1. The van der Waals surface area contributed by atoms with Crippen molar-refractivity contribution in [2.24, 2.45) is 11.0 Å². The maximum absolute atomic E-state index is 13.9. The van der Waals surface area contributed by atoms with Crippen molar-refractivity contribution < 1.29 is 14.3 Å². The molecule has 3 aliphatic rings. The van der Waals surface area contributed by atoms with E-state index in [0.29, 0.717) is 31.2 Å². The Kier molecular flexibility index (Phi) is 8.46. The normalized spacial score (nSPS) is 20.2. The Morgan fingerprint density at radius 3 is 2.45 bits per heavy atom. The van der Waals surface area contributed by atoms with E-state index in [1.807, 2.05) is 24.3 Å². The lowest BCUT2D eigenvalue weighted by atomic mass is 9.84. The van der Waals surface area contributed by atoms with Crippen molar-refractivity contribution in [3.8, 4) is 0 Å². The van der Waals surface area contributed by atoms with Gasteiger partial charge >= 0.3 is 0 Å². The van der Waals surface area contributed by atoms with E-state index in [2.05, 4.69) is 36.9 Å². The molecule has 2 fully saturated rings. The molecule has 0 bridgehead atoms. The van der Waals surface area contributed by atoms with Crippen LogP contribution in [-0.4, -0.2) is 78.3 Å². The SMILES string of the molecule is Cc1ccc(C2=NN(C(=O)CN(CCN3CCOCC3)C(=O)C3CCC3)[C@H](c3ccc(Cl)cc3)C2)cc1C. The number of amides is 2. The van der Waals surface area contributed by atoms with Gasteiger partial charge in [0.25, 0.3) is 5.91 Å². The van der Waals surface area contributed by atoms with Gasteiger partial charge in [0.2, 0.25) is 5.91 Å². The summed E-state index contributed by atoms with van der Waals surface area (Å²) in [7, 11) is 0. The first-order valence-corrected chi connectivity index (χ1v) is 14.1. The number of morpholine rings is 1. The summed E-state index contributed by atoms with van der Waals surface area (Å²) in [4.78, 5) is 31.3. The largest absolute Gasteiger partial charge is 0.379 e. The van der Waals surface area contributed by atoms with Crippen LogP contribution in [0.3, 0.4) is 0 Å². The molecule has 2 aromatic rings. The fourth-order valence-corrected chi connectivity index (χ4v) is 5.41. The third-order valence-electron chi connectivity index (χ3n) is 8.14. The average Bonchev–Trinajstić information content (AvgIpc) is 3.34. The predicted molar refractivity (Wildman–Crippen MR) is 149 cm³/mol. The molecule has 1 aliphatic carbocycles. The average molecular weight is 537 g/mol. The zero-order chi connectivity index (χ0) is 26.6. The van der Waals surface area contributed by atoms with Gasteiger partial charge in [-0.25, -0.2) is 5.01 Å². The van der Waals surface area contributed by atoms with Crippen LogP contribution in [0, 0.1) is 19.8 Å². The number of benzene rings is 2. The Labute approximate surface area is 230 Å². The molecule has 7 nitrogen and oxygen atoms in total. The standard InChI is InChI=1S/C30H37ClN4O3/c1-21-6-7-25(18-22(21)2)27-19-28(23-8-10-26(31)11-9-23)35(32-27)29(36)20-34(30(37)24-4-3-5-24)13-12-33-14-16-38-17-15-33/h6-11,18,24,28H,3-5,12-17,19-20H2,1-2H3/t28-/m0/s1. The van der Waals surface area contributed by atoms with Gasteiger partial charge in [0.05, 0.1) is 25.0 Å². The molecule has 1 saturated carbocycles. The predicted octanol–water partition coefficient (Wildman–Crippen LogP) is 4.60. The monoisotopic (exact) mass is 536 g/mol.